The van der Waals surface area contributed by atoms with Gasteiger partial charge in [-0.1, -0.05) is 13.2 Å². The molecule has 1 nitrogen and oxygen atoms in total. The molecule has 2 heteroatoms. The van der Waals surface area contributed by atoms with Crippen LogP contribution in [0.3, 0.4) is 0 Å². The van der Waals surface area contributed by atoms with Gasteiger partial charge in [-0.05, 0) is 45.2 Å². The van der Waals surface area contributed by atoms with Crippen molar-refractivity contribution in [3.05, 3.63) is 23.6 Å². The third-order valence-corrected chi connectivity index (χ3v) is 2.27. The molecule has 11 heavy (non-hydrogen) atoms. The standard InChI is InChI=1S/C9H17NS/c1-7(2)8(3)11-10-9(4,5)6/h10H,1,3H2,2,4-6H3. The van der Waals surface area contributed by atoms with E-state index in [-0.39, 0.29) is 5.54 Å². The summed E-state index contributed by atoms with van der Waals surface area (Å²) in [6.45, 7) is 16.0. The molecule has 0 atom stereocenters. The molecule has 0 saturated carbocycles. The summed E-state index contributed by atoms with van der Waals surface area (Å²) in [5.74, 6) is 0. The van der Waals surface area contributed by atoms with Crippen LogP contribution in [0.4, 0.5) is 0 Å². The van der Waals surface area contributed by atoms with Crippen molar-refractivity contribution in [3.63, 3.8) is 0 Å². The summed E-state index contributed by atoms with van der Waals surface area (Å²) in [7, 11) is 0. The molecule has 0 aromatic heterocycles. The molecule has 1 N–H and O–H groups in total. The zero-order valence-corrected chi connectivity index (χ0v) is 8.64. The average Bonchev–Trinajstić information content (AvgIpc) is 1.80. The molecule has 0 spiro atoms. The molecule has 0 aromatic rings. The van der Waals surface area contributed by atoms with Gasteiger partial charge in [0.15, 0.2) is 0 Å². The monoisotopic (exact) mass is 171 g/mol. The van der Waals surface area contributed by atoms with Gasteiger partial charge >= 0.3 is 0 Å². The topological polar surface area (TPSA) is 12.0 Å². The summed E-state index contributed by atoms with van der Waals surface area (Å²) in [6, 6.07) is 0. The van der Waals surface area contributed by atoms with E-state index in [0.29, 0.717) is 0 Å². The summed E-state index contributed by atoms with van der Waals surface area (Å²) in [5.41, 5.74) is 1.15. The number of allylic oxidation sites excluding steroid dienone is 1. The fraction of sp³-hybridized carbons (Fsp3) is 0.556. The molecular formula is C9H17NS. The highest BCUT2D eigenvalue weighted by molar-refractivity contribution is 8.01. The lowest BCUT2D eigenvalue weighted by Gasteiger charge is -2.20. The highest BCUT2D eigenvalue weighted by Crippen LogP contribution is 2.19. The predicted molar refractivity (Wildman–Crippen MR) is 54.4 cm³/mol. The summed E-state index contributed by atoms with van der Waals surface area (Å²) in [5, 5.41) is 0. The van der Waals surface area contributed by atoms with Crippen LogP contribution in [-0.2, 0) is 0 Å². The van der Waals surface area contributed by atoms with Gasteiger partial charge in [-0.25, -0.2) is 0 Å². The molecule has 0 rings (SSSR count). The summed E-state index contributed by atoms with van der Waals surface area (Å²) in [4.78, 5) is 1.000. The predicted octanol–water partition coefficient (Wildman–Crippen LogP) is 3.11. The maximum atomic E-state index is 3.86. The van der Waals surface area contributed by atoms with Crippen LogP contribution in [0.15, 0.2) is 23.6 Å². The van der Waals surface area contributed by atoms with Crippen LogP contribution in [-0.4, -0.2) is 5.54 Å². The second-order valence-corrected chi connectivity index (χ2v) is 4.56. The molecule has 0 fully saturated rings. The van der Waals surface area contributed by atoms with E-state index in [2.05, 4.69) is 38.7 Å². The number of nitrogens with one attached hydrogen (secondary N) is 1. The molecule has 0 radical (unpaired) electrons. The highest BCUT2D eigenvalue weighted by atomic mass is 32.2. The van der Waals surface area contributed by atoms with Crippen LogP contribution < -0.4 is 4.72 Å². The van der Waals surface area contributed by atoms with E-state index in [9.17, 15) is 0 Å². The Labute approximate surface area is 74.1 Å². The lowest BCUT2D eigenvalue weighted by Crippen LogP contribution is -2.29. The second-order valence-electron chi connectivity index (χ2n) is 3.66. The van der Waals surface area contributed by atoms with Gasteiger partial charge in [-0.15, -0.1) is 0 Å². The van der Waals surface area contributed by atoms with Crippen molar-refractivity contribution in [2.45, 2.75) is 33.2 Å². The Morgan fingerprint density at radius 1 is 1.27 bits per heavy atom. The Hall–Kier alpha value is -0.210. The molecule has 0 saturated heterocycles. The van der Waals surface area contributed by atoms with Crippen LogP contribution in [0.2, 0.25) is 0 Å². The maximum Gasteiger partial charge on any atom is 0.0201 e. The first kappa shape index (κ1) is 10.8. The van der Waals surface area contributed by atoms with Crippen molar-refractivity contribution in [1.82, 2.24) is 4.72 Å². The van der Waals surface area contributed by atoms with Crippen molar-refractivity contribution in [2.75, 3.05) is 0 Å². The molecule has 64 valence electrons. The highest BCUT2D eigenvalue weighted by Gasteiger charge is 2.09. The molecule has 0 bridgehead atoms. The molecule has 0 aliphatic rings. The van der Waals surface area contributed by atoms with E-state index in [1.165, 1.54) is 0 Å². The summed E-state index contributed by atoms with van der Waals surface area (Å²) in [6.07, 6.45) is 0. The van der Waals surface area contributed by atoms with Crippen LogP contribution in [0, 0.1) is 0 Å². The van der Waals surface area contributed by atoms with E-state index < -0.39 is 0 Å². The van der Waals surface area contributed by atoms with Gasteiger partial charge in [0, 0.05) is 10.4 Å². The first-order valence-corrected chi connectivity index (χ1v) is 4.43. The van der Waals surface area contributed by atoms with Gasteiger partial charge < -0.3 is 0 Å². The van der Waals surface area contributed by atoms with Gasteiger partial charge in [0.2, 0.25) is 0 Å². The van der Waals surface area contributed by atoms with Crippen LogP contribution in [0.5, 0.6) is 0 Å². The fourth-order valence-electron chi connectivity index (χ4n) is 0.302. The Bertz CT molecular complexity index is 165. The fourth-order valence-corrected chi connectivity index (χ4v) is 0.905. The van der Waals surface area contributed by atoms with Crippen molar-refractivity contribution >= 4 is 11.9 Å². The van der Waals surface area contributed by atoms with E-state index in [1.54, 1.807) is 11.9 Å². The zero-order chi connectivity index (χ0) is 9.07. The first-order valence-electron chi connectivity index (χ1n) is 3.62. The Morgan fingerprint density at radius 3 is 2.00 bits per heavy atom. The van der Waals surface area contributed by atoms with Crippen LogP contribution in [0.25, 0.3) is 0 Å². The largest absolute Gasteiger partial charge is 0.255 e. The number of hydrogen-bond acceptors (Lipinski definition) is 2. The Kier molecular flexibility index (Phi) is 3.90. The van der Waals surface area contributed by atoms with Gasteiger partial charge in [-0.2, -0.15) is 0 Å². The number of rotatable bonds is 3. The smallest absolute Gasteiger partial charge is 0.0201 e. The van der Waals surface area contributed by atoms with E-state index in [4.69, 9.17) is 0 Å². The van der Waals surface area contributed by atoms with Crippen LogP contribution in [0.1, 0.15) is 27.7 Å². The van der Waals surface area contributed by atoms with Crippen molar-refractivity contribution in [2.24, 2.45) is 0 Å². The SMILES string of the molecule is C=C(C)C(=C)SNC(C)(C)C. The quantitative estimate of drug-likeness (QED) is 0.517. The Morgan fingerprint density at radius 2 is 1.73 bits per heavy atom. The van der Waals surface area contributed by atoms with E-state index in [0.717, 1.165) is 10.5 Å². The maximum absolute atomic E-state index is 3.86. The summed E-state index contributed by atoms with van der Waals surface area (Å²) >= 11 is 1.55. The normalized spacial score (nSPS) is 11.3. The zero-order valence-electron chi connectivity index (χ0n) is 7.82. The van der Waals surface area contributed by atoms with Gasteiger partial charge in [0.05, 0.1) is 0 Å². The van der Waals surface area contributed by atoms with Gasteiger partial charge in [-0.3, -0.25) is 4.72 Å². The first-order chi connectivity index (χ1) is 4.83. The van der Waals surface area contributed by atoms with Gasteiger partial charge in [0.1, 0.15) is 0 Å². The van der Waals surface area contributed by atoms with Crippen molar-refractivity contribution in [3.8, 4) is 0 Å². The number of hydrogen-bond donors (Lipinski definition) is 1. The Balaban J connectivity index is 3.73. The lowest BCUT2D eigenvalue weighted by molar-refractivity contribution is 0.536. The molecule has 0 heterocycles. The van der Waals surface area contributed by atoms with Crippen LogP contribution >= 0.6 is 11.9 Å². The van der Waals surface area contributed by atoms with E-state index in [1.807, 2.05) is 6.92 Å². The van der Waals surface area contributed by atoms with Gasteiger partial charge in [0.25, 0.3) is 0 Å². The molecule has 0 aliphatic heterocycles. The van der Waals surface area contributed by atoms with Crippen molar-refractivity contribution < 1.29 is 0 Å². The minimum Gasteiger partial charge on any atom is -0.255 e. The molecule has 0 amide bonds. The molecule has 0 aliphatic carbocycles. The average molecular weight is 171 g/mol. The van der Waals surface area contributed by atoms with Crippen molar-refractivity contribution in [1.29, 1.82) is 0 Å². The lowest BCUT2D eigenvalue weighted by atomic mass is 10.1. The second kappa shape index (κ2) is 3.98. The molecular weight excluding hydrogens is 154 g/mol. The molecule has 0 unspecified atom stereocenters. The van der Waals surface area contributed by atoms with E-state index >= 15 is 0 Å². The summed E-state index contributed by atoms with van der Waals surface area (Å²) < 4.78 is 3.26. The molecule has 0 aromatic carbocycles. The minimum atomic E-state index is 0.128. The third kappa shape index (κ3) is 6.20. The minimum absolute atomic E-state index is 0.128. The third-order valence-electron chi connectivity index (χ3n) is 0.956.